The van der Waals surface area contributed by atoms with Gasteiger partial charge in [-0.15, -0.1) is 0 Å². The van der Waals surface area contributed by atoms with Crippen LogP contribution >= 0.6 is 0 Å². The Balaban J connectivity index is 2.33. The summed E-state index contributed by atoms with van der Waals surface area (Å²) < 4.78 is 7.49. The molecule has 1 heterocycles. The van der Waals surface area contributed by atoms with Crippen molar-refractivity contribution < 1.29 is 9.84 Å². The largest absolute Gasteiger partial charge is 0.496 e. The third kappa shape index (κ3) is 3.19. The van der Waals surface area contributed by atoms with Gasteiger partial charge in [-0.2, -0.15) is 0 Å². The first kappa shape index (κ1) is 14.2. The van der Waals surface area contributed by atoms with E-state index in [1.165, 1.54) is 0 Å². The molecular formula is C16H18N2O2. The van der Waals surface area contributed by atoms with Gasteiger partial charge in [0.1, 0.15) is 18.2 Å². The smallest absolute Gasteiger partial charge is 0.123 e. The lowest BCUT2D eigenvalue weighted by Crippen LogP contribution is -2.05. The van der Waals surface area contributed by atoms with Gasteiger partial charge >= 0.3 is 0 Å². The number of aromatic nitrogens is 2. The van der Waals surface area contributed by atoms with Crippen molar-refractivity contribution in [2.45, 2.75) is 19.9 Å². The molecule has 20 heavy (non-hydrogen) atoms. The Labute approximate surface area is 119 Å². The van der Waals surface area contributed by atoms with Gasteiger partial charge in [-0.3, -0.25) is 0 Å². The van der Waals surface area contributed by atoms with Gasteiger partial charge in [-0.25, -0.2) is 4.98 Å². The number of rotatable bonds is 4. The number of aryl methyl sites for hydroxylation is 1. The first-order valence-electron chi connectivity index (χ1n) is 6.55. The van der Waals surface area contributed by atoms with Crippen molar-refractivity contribution in [1.82, 2.24) is 9.55 Å². The number of hydrogen-bond acceptors (Lipinski definition) is 3. The van der Waals surface area contributed by atoms with Crippen LogP contribution in [0.4, 0.5) is 0 Å². The highest BCUT2D eigenvalue weighted by Gasteiger charge is 2.07. The summed E-state index contributed by atoms with van der Waals surface area (Å²) in [7, 11) is 1.66. The number of benzene rings is 1. The minimum absolute atomic E-state index is 0.136. The number of aliphatic hydroxyl groups excluding tert-OH is 1. The monoisotopic (exact) mass is 270 g/mol. The normalized spacial score (nSPS) is 9.95. The molecule has 2 rings (SSSR count). The molecule has 0 aliphatic heterocycles. The lowest BCUT2D eigenvalue weighted by molar-refractivity contribution is 0.350. The van der Waals surface area contributed by atoms with E-state index in [-0.39, 0.29) is 6.61 Å². The number of imidazole rings is 1. The first-order valence-corrected chi connectivity index (χ1v) is 6.55. The van der Waals surface area contributed by atoms with Crippen molar-refractivity contribution in [3.63, 3.8) is 0 Å². The first-order chi connectivity index (χ1) is 9.78. The van der Waals surface area contributed by atoms with Crippen LogP contribution in [-0.2, 0) is 13.0 Å². The highest BCUT2D eigenvalue weighted by molar-refractivity contribution is 5.44. The van der Waals surface area contributed by atoms with Crippen molar-refractivity contribution in [2.24, 2.45) is 0 Å². The van der Waals surface area contributed by atoms with Crippen LogP contribution in [-0.4, -0.2) is 28.4 Å². The van der Waals surface area contributed by atoms with Crippen molar-refractivity contribution in [2.75, 3.05) is 13.7 Å². The lowest BCUT2D eigenvalue weighted by Gasteiger charge is -2.11. The Morgan fingerprint density at radius 3 is 2.95 bits per heavy atom. The minimum atomic E-state index is -0.136. The molecule has 0 amide bonds. The second-order valence-corrected chi connectivity index (χ2v) is 4.31. The fourth-order valence-electron chi connectivity index (χ4n) is 2.10. The molecule has 1 aromatic carbocycles. The lowest BCUT2D eigenvalue weighted by atomic mass is 10.1. The van der Waals surface area contributed by atoms with Crippen LogP contribution in [0.2, 0.25) is 0 Å². The van der Waals surface area contributed by atoms with Gasteiger partial charge in [0.05, 0.1) is 13.7 Å². The summed E-state index contributed by atoms with van der Waals surface area (Å²) in [4.78, 5) is 4.32. The number of methoxy groups -OCH3 is 1. The number of ether oxygens (including phenoxy) is 1. The summed E-state index contributed by atoms with van der Waals surface area (Å²) in [5.74, 6) is 7.44. The van der Waals surface area contributed by atoms with Crippen LogP contribution in [0.25, 0.3) is 0 Å². The van der Waals surface area contributed by atoms with E-state index in [1.807, 2.05) is 24.4 Å². The fourth-order valence-corrected chi connectivity index (χ4v) is 2.10. The topological polar surface area (TPSA) is 47.3 Å². The van der Waals surface area contributed by atoms with E-state index in [2.05, 4.69) is 28.3 Å². The van der Waals surface area contributed by atoms with Crippen molar-refractivity contribution in [1.29, 1.82) is 0 Å². The molecule has 0 saturated heterocycles. The van der Waals surface area contributed by atoms with E-state index >= 15 is 0 Å². The van der Waals surface area contributed by atoms with Crippen molar-refractivity contribution in [3.05, 3.63) is 47.5 Å². The average Bonchev–Trinajstić information content (AvgIpc) is 2.92. The van der Waals surface area contributed by atoms with Crippen LogP contribution in [0.1, 0.15) is 23.9 Å². The molecule has 0 unspecified atom stereocenters. The molecular weight excluding hydrogens is 252 g/mol. The van der Waals surface area contributed by atoms with E-state index in [0.717, 1.165) is 29.1 Å². The Bertz CT molecular complexity index is 635. The second kappa shape index (κ2) is 6.78. The van der Waals surface area contributed by atoms with Crippen molar-refractivity contribution >= 4 is 0 Å². The Morgan fingerprint density at radius 1 is 1.40 bits per heavy atom. The predicted octanol–water partition coefficient (Wildman–Crippen LogP) is 1.85. The molecule has 0 atom stereocenters. The second-order valence-electron chi connectivity index (χ2n) is 4.31. The van der Waals surface area contributed by atoms with E-state index in [1.54, 1.807) is 13.3 Å². The Kier molecular flexibility index (Phi) is 4.80. The zero-order chi connectivity index (χ0) is 14.4. The molecule has 0 aliphatic carbocycles. The molecule has 2 aromatic rings. The summed E-state index contributed by atoms with van der Waals surface area (Å²) >= 11 is 0. The molecule has 0 bridgehead atoms. The van der Waals surface area contributed by atoms with Gasteiger partial charge in [0.15, 0.2) is 0 Å². The number of hydrogen-bond donors (Lipinski definition) is 1. The summed E-state index contributed by atoms with van der Waals surface area (Å²) in [6.45, 7) is 2.64. The zero-order valence-electron chi connectivity index (χ0n) is 11.8. The Hall–Kier alpha value is -2.25. The molecule has 1 aromatic heterocycles. The van der Waals surface area contributed by atoms with Gasteiger partial charge in [-0.05, 0) is 18.2 Å². The van der Waals surface area contributed by atoms with E-state index in [9.17, 15) is 0 Å². The maximum atomic E-state index is 8.76. The summed E-state index contributed by atoms with van der Waals surface area (Å²) in [5, 5.41) is 8.76. The summed E-state index contributed by atoms with van der Waals surface area (Å²) in [6.07, 6.45) is 4.66. The highest BCUT2D eigenvalue weighted by atomic mass is 16.5. The molecule has 4 heteroatoms. The maximum Gasteiger partial charge on any atom is 0.123 e. The zero-order valence-corrected chi connectivity index (χ0v) is 11.8. The summed E-state index contributed by atoms with van der Waals surface area (Å²) in [6, 6.07) is 5.78. The quantitative estimate of drug-likeness (QED) is 0.862. The van der Waals surface area contributed by atoms with Crippen LogP contribution in [0.3, 0.4) is 0 Å². The molecule has 104 valence electrons. The standard InChI is InChI=1S/C16H18N2O2/c1-3-16-17-8-9-18(16)12-14-11-13(5-4-10-19)6-7-15(14)20-2/h6-9,11,19H,3,10,12H2,1-2H3. The van der Waals surface area contributed by atoms with E-state index in [0.29, 0.717) is 6.54 Å². The van der Waals surface area contributed by atoms with Crippen molar-refractivity contribution in [3.8, 4) is 17.6 Å². The Morgan fingerprint density at radius 2 is 2.25 bits per heavy atom. The number of aliphatic hydroxyl groups is 1. The summed E-state index contributed by atoms with van der Waals surface area (Å²) in [5.41, 5.74) is 1.91. The molecule has 0 saturated carbocycles. The third-order valence-electron chi connectivity index (χ3n) is 3.05. The SMILES string of the molecule is CCc1nccn1Cc1cc(C#CCO)ccc1OC. The van der Waals surface area contributed by atoms with Crippen LogP contribution in [0, 0.1) is 11.8 Å². The molecule has 0 spiro atoms. The molecule has 0 aliphatic rings. The average molecular weight is 270 g/mol. The third-order valence-corrected chi connectivity index (χ3v) is 3.05. The van der Waals surface area contributed by atoms with Crippen LogP contribution < -0.4 is 4.74 Å². The maximum absolute atomic E-state index is 8.76. The van der Waals surface area contributed by atoms with Crippen LogP contribution in [0.5, 0.6) is 5.75 Å². The van der Waals surface area contributed by atoms with Crippen LogP contribution in [0.15, 0.2) is 30.6 Å². The molecule has 0 radical (unpaired) electrons. The molecule has 4 nitrogen and oxygen atoms in total. The predicted molar refractivity (Wildman–Crippen MR) is 77.7 cm³/mol. The van der Waals surface area contributed by atoms with Gasteiger partial charge < -0.3 is 14.4 Å². The van der Waals surface area contributed by atoms with Gasteiger partial charge in [0.2, 0.25) is 0 Å². The molecule has 0 fully saturated rings. The van der Waals surface area contributed by atoms with E-state index in [4.69, 9.17) is 9.84 Å². The minimum Gasteiger partial charge on any atom is -0.496 e. The highest BCUT2D eigenvalue weighted by Crippen LogP contribution is 2.21. The number of nitrogens with zero attached hydrogens (tertiary/aromatic N) is 2. The van der Waals surface area contributed by atoms with Gasteiger partial charge in [0, 0.05) is 29.9 Å². The van der Waals surface area contributed by atoms with Gasteiger partial charge in [0.25, 0.3) is 0 Å². The van der Waals surface area contributed by atoms with Gasteiger partial charge in [-0.1, -0.05) is 18.8 Å². The van der Waals surface area contributed by atoms with E-state index < -0.39 is 0 Å². The molecule has 1 N–H and O–H groups in total. The fraction of sp³-hybridized carbons (Fsp3) is 0.312.